The van der Waals surface area contributed by atoms with Crippen LogP contribution >= 0.6 is 12.2 Å². The largest absolute Gasteiger partial charge is 0.389 e. The molecule has 21 heavy (non-hydrogen) atoms. The topological polar surface area (TPSA) is 72.6 Å². The van der Waals surface area contributed by atoms with Gasteiger partial charge in [0.15, 0.2) is 9.84 Å². The number of rotatable bonds is 5. The van der Waals surface area contributed by atoms with Gasteiger partial charge in [0, 0.05) is 25.2 Å². The van der Waals surface area contributed by atoms with Gasteiger partial charge in [-0.3, -0.25) is 4.90 Å². The van der Waals surface area contributed by atoms with Crippen LogP contribution in [0.3, 0.4) is 0 Å². The number of hydrogen-bond donors (Lipinski definition) is 1. The molecule has 1 unspecified atom stereocenters. The summed E-state index contributed by atoms with van der Waals surface area (Å²) in [5.74, 6) is 0.103. The van der Waals surface area contributed by atoms with Crippen molar-refractivity contribution in [2.75, 3.05) is 32.0 Å². The summed E-state index contributed by atoms with van der Waals surface area (Å²) in [7, 11) is -3.29. The van der Waals surface area contributed by atoms with Crippen LogP contribution in [0.1, 0.15) is 12.5 Å². The molecule has 0 radical (unpaired) electrons. The molecule has 0 saturated carbocycles. The van der Waals surface area contributed by atoms with Crippen LogP contribution in [-0.2, 0) is 14.6 Å². The second-order valence-electron chi connectivity index (χ2n) is 5.19. The number of hydrogen-bond acceptors (Lipinski definition) is 5. The summed E-state index contributed by atoms with van der Waals surface area (Å²) >= 11 is 4.86. The Balaban J connectivity index is 1.99. The normalized spacial score (nSPS) is 20.3. The zero-order chi connectivity index (χ0) is 15.5. The van der Waals surface area contributed by atoms with Gasteiger partial charge >= 0.3 is 0 Å². The third-order valence-corrected chi connectivity index (χ3v) is 5.45. The Hall–Kier alpha value is -1.02. The molecule has 1 aliphatic heterocycles. The van der Waals surface area contributed by atoms with Gasteiger partial charge in [-0.25, -0.2) is 8.42 Å². The molecule has 0 bridgehead atoms. The van der Waals surface area contributed by atoms with Crippen molar-refractivity contribution in [1.29, 1.82) is 0 Å². The minimum Gasteiger partial charge on any atom is -0.389 e. The van der Waals surface area contributed by atoms with Gasteiger partial charge in [-0.2, -0.15) is 0 Å². The van der Waals surface area contributed by atoms with Gasteiger partial charge in [0.25, 0.3) is 0 Å². The molecule has 116 valence electrons. The van der Waals surface area contributed by atoms with E-state index in [2.05, 4.69) is 4.90 Å². The van der Waals surface area contributed by atoms with Crippen LogP contribution < -0.4 is 5.73 Å². The molecule has 1 saturated heterocycles. The van der Waals surface area contributed by atoms with E-state index in [-0.39, 0.29) is 16.8 Å². The van der Waals surface area contributed by atoms with Crippen molar-refractivity contribution in [3.8, 4) is 0 Å². The number of thiocarbonyl (C=S) groups is 1. The van der Waals surface area contributed by atoms with E-state index in [0.29, 0.717) is 23.6 Å². The first-order valence-electron chi connectivity index (χ1n) is 6.85. The molecule has 1 aliphatic rings. The number of nitrogens with zero attached hydrogens (tertiary/aromatic N) is 1. The molecule has 1 heterocycles. The van der Waals surface area contributed by atoms with E-state index < -0.39 is 9.84 Å². The number of benzene rings is 1. The van der Waals surface area contributed by atoms with Crippen molar-refractivity contribution in [2.24, 2.45) is 5.73 Å². The highest BCUT2D eigenvalue weighted by Crippen LogP contribution is 2.14. The predicted molar refractivity (Wildman–Crippen MR) is 86.2 cm³/mol. The number of nitrogens with two attached hydrogens (primary N) is 1. The van der Waals surface area contributed by atoms with Gasteiger partial charge in [-0.15, -0.1) is 0 Å². The summed E-state index contributed by atoms with van der Waals surface area (Å²) in [6.45, 7) is 4.72. The molecule has 1 aromatic carbocycles. The molecular formula is C14H20N2O3S2. The van der Waals surface area contributed by atoms with Crippen LogP contribution in [0.4, 0.5) is 0 Å². The van der Waals surface area contributed by atoms with Crippen LogP contribution in [0.15, 0.2) is 29.2 Å². The maximum absolute atomic E-state index is 12.3. The van der Waals surface area contributed by atoms with E-state index in [9.17, 15) is 8.42 Å². The predicted octanol–water partition coefficient (Wildman–Crippen LogP) is 0.815. The van der Waals surface area contributed by atoms with Crippen LogP contribution in [0.25, 0.3) is 0 Å². The Morgan fingerprint density at radius 3 is 2.67 bits per heavy atom. The van der Waals surface area contributed by atoms with E-state index in [1.165, 1.54) is 0 Å². The highest BCUT2D eigenvalue weighted by Gasteiger charge is 2.20. The van der Waals surface area contributed by atoms with E-state index in [4.69, 9.17) is 22.7 Å². The third-order valence-electron chi connectivity index (χ3n) is 3.50. The van der Waals surface area contributed by atoms with Crippen molar-refractivity contribution in [3.05, 3.63) is 29.8 Å². The quantitative estimate of drug-likeness (QED) is 0.807. The highest BCUT2D eigenvalue weighted by atomic mass is 32.2. The molecule has 0 aliphatic carbocycles. The molecule has 1 atom stereocenters. The highest BCUT2D eigenvalue weighted by molar-refractivity contribution is 7.91. The molecule has 2 N–H and O–H groups in total. The fourth-order valence-electron chi connectivity index (χ4n) is 2.29. The van der Waals surface area contributed by atoms with Crippen molar-refractivity contribution in [1.82, 2.24) is 4.90 Å². The molecule has 1 fully saturated rings. The summed E-state index contributed by atoms with van der Waals surface area (Å²) in [6.07, 6.45) is 0.159. The minimum absolute atomic E-state index is 0.103. The number of ether oxygens (including phenoxy) is 1. The zero-order valence-electron chi connectivity index (χ0n) is 12.0. The average molecular weight is 328 g/mol. The summed E-state index contributed by atoms with van der Waals surface area (Å²) in [4.78, 5) is 2.69. The molecule has 5 nitrogen and oxygen atoms in total. The second kappa shape index (κ2) is 6.83. The van der Waals surface area contributed by atoms with Crippen molar-refractivity contribution < 1.29 is 13.2 Å². The lowest BCUT2D eigenvalue weighted by molar-refractivity contribution is -0.0160. The Kier molecular flexibility index (Phi) is 5.32. The first-order chi connectivity index (χ1) is 9.88. The van der Waals surface area contributed by atoms with E-state index in [0.717, 1.165) is 13.1 Å². The molecule has 0 amide bonds. The van der Waals surface area contributed by atoms with Gasteiger partial charge in [-0.05, 0) is 19.1 Å². The monoisotopic (exact) mass is 328 g/mol. The lowest BCUT2D eigenvalue weighted by Crippen LogP contribution is -2.43. The first-order valence-corrected chi connectivity index (χ1v) is 8.91. The summed E-state index contributed by atoms with van der Waals surface area (Å²) in [6, 6.07) is 6.41. The molecule has 7 heteroatoms. The van der Waals surface area contributed by atoms with E-state index >= 15 is 0 Å². The van der Waals surface area contributed by atoms with Crippen molar-refractivity contribution in [3.63, 3.8) is 0 Å². The lowest BCUT2D eigenvalue weighted by Gasteiger charge is -2.30. The van der Waals surface area contributed by atoms with Crippen LogP contribution in [-0.4, -0.2) is 56.4 Å². The zero-order valence-corrected chi connectivity index (χ0v) is 13.6. The molecule has 0 aromatic heterocycles. The first kappa shape index (κ1) is 16.4. The third kappa shape index (κ3) is 4.47. The second-order valence-corrected chi connectivity index (χ2v) is 7.74. The Morgan fingerprint density at radius 2 is 2.10 bits per heavy atom. The molecular weight excluding hydrogens is 308 g/mol. The van der Waals surface area contributed by atoms with Gasteiger partial charge in [0.1, 0.15) is 4.99 Å². The average Bonchev–Trinajstić information content (AvgIpc) is 2.45. The fraction of sp³-hybridized carbons (Fsp3) is 0.500. The van der Waals surface area contributed by atoms with E-state index in [1.54, 1.807) is 24.3 Å². The summed E-state index contributed by atoms with van der Waals surface area (Å²) in [5.41, 5.74) is 6.18. The lowest BCUT2D eigenvalue weighted by atomic mass is 10.2. The maximum Gasteiger partial charge on any atom is 0.179 e. The maximum atomic E-state index is 12.3. The Morgan fingerprint density at radius 1 is 1.43 bits per heavy atom. The van der Waals surface area contributed by atoms with Gasteiger partial charge in [-0.1, -0.05) is 24.4 Å². The van der Waals surface area contributed by atoms with Gasteiger partial charge in [0.05, 0.1) is 23.4 Å². The molecule has 0 spiro atoms. The van der Waals surface area contributed by atoms with Crippen molar-refractivity contribution in [2.45, 2.75) is 17.9 Å². The minimum atomic E-state index is -3.29. The fourth-order valence-corrected chi connectivity index (χ4v) is 3.71. The van der Waals surface area contributed by atoms with Crippen LogP contribution in [0, 0.1) is 0 Å². The Bertz CT molecular complexity index is 599. The van der Waals surface area contributed by atoms with Crippen LogP contribution in [0.2, 0.25) is 0 Å². The SMILES string of the molecule is CC1CN(CCS(=O)(=O)c2ccc(C(N)=S)cc2)CCO1. The standard InChI is InChI=1S/C14H20N2O3S2/c1-11-10-16(6-8-19-11)7-9-21(17,18)13-4-2-12(3-5-13)14(15)20/h2-5,11H,6-10H2,1H3,(H2,15,20). The Labute approximate surface area is 131 Å². The summed E-state index contributed by atoms with van der Waals surface area (Å²) in [5, 5.41) is 0. The van der Waals surface area contributed by atoms with Gasteiger partial charge < -0.3 is 10.5 Å². The number of sulfone groups is 1. The number of morpholine rings is 1. The molecule has 1 aromatic rings. The smallest absolute Gasteiger partial charge is 0.179 e. The van der Waals surface area contributed by atoms with Crippen LogP contribution in [0.5, 0.6) is 0 Å². The van der Waals surface area contributed by atoms with Crippen molar-refractivity contribution >= 4 is 27.0 Å². The van der Waals surface area contributed by atoms with E-state index in [1.807, 2.05) is 6.92 Å². The summed E-state index contributed by atoms with van der Waals surface area (Å²) < 4.78 is 30.1. The van der Waals surface area contributed by atoms with Gasteiger partial charge in [0.2, 0.25) is 0 Å². The molecule has 2 rings (SSSR count).